The lowest BCUT2D eigenvalue weighted by Crippen LogP contribution is -2.05. The first-order chi connectivity index (χ1) is 58.3. The molecule has 0 amide bonds. The van der Waals surface area contributed by atoms with Crippen molar-refractivity contribution >= 4 is 5.97 Å². The molecule has 0 spiro atoms. The fourth-order valence-corrected chi connectivity index (χ4v) is 15.0. The van der Waals surface area contributed by atoms with Gasteiger partial charge in [0.05, 0.1) is 39.1 Å². The molecular formula is C106H156O12. The SMILES string of the molecule is CCCCCCCCCCCCCCOc1ccc(COc2ccc(COc3cc(OCc4ccc(OCc5ccc(OCCCCCCCCCCCCCC)cc5)c(OCc5ccc(OCCCCCCCCCCCCCC)cc5)c4)cc(C(=O)OC)c3)cc2OCc2ccc(OCCCCCCCCCCCCCC)cc2)cc1. The summed E-state index contributed by atoms with van der Waals surface area (Å²) in [5.74, 6) is 6.14. The number of hydrogen-bond donors (Lipinski definition) is 0. The maximum absolute atomic E-state index is 13.3. The van der Waals surface area contributed by atoms with Gasteiger partial charge >= 0.3 is 5.97 Å². The van der Waals surface area contributed by atoms with Crippen molar-refractivity contribution in [2.45, 2.75) is 376 Å². The zero-order valence-corrected chi connectivity index (χ0v) is 74.3. The number of unbranched alkanes of at least 4 members (excludes halogenated alkanes) is 44. The fourth-order valence-electron chi connectivity index (χ4n) is 15.0. The monoisotopic (exact) mass is 1620 g/mol. The maximum atomic E-state index is 13.3. The van der Waals surface area contributed by atoms with Crippen LogP contribution in [-0.4, -0.2) is 39.5 Å². The van der Waals surface area contributed by atoms with Gasteiger partial charge in [-0.15, -0.1) is 0 Å². The van der Waals surface area contributed by atoms with Crippen LogP contribution < -0.4 is 47.4 Å². The van der Waals surface area contributed by atoms with E-state index in [0.717, 1.165) is 95.3 Å². The van der Waals surface area contributed by atoms with E-state index in [0.29, 0.717) is 74.1 Å². The van der Waals surface area contributed by atoms with Gasteiger partial charge in [0.2, 0.25) is 0 Å². The Balaban J connectivity index is 0.956. The van der Waals surface area contributed by atoms with Crippen LogP contribution in [0.15, 0.2) is 152 Å². The molecule has 12 heteroatoms. The minimum absolute atomic E-state index is 0.154. The quantitative estimate of drug-likeness (QED) is 0.0267. The highest BCUT2D eigenvalue weighted by Gasteiger charge is 2.17. The summed E-state index contributed by atoms with van der Waals surface area (Å²) in [6.45, 7) is 13.6. The average Bonchev–Trinajstić information content (AvgIpc) is 0.836. The van der Waals surface area contributed by atoms with Gasteiger partial charge in [0, 0.05) is 6.07 Å². The summed E-state index contributed by atoms with van der Waals surface area (Å²) >= 11 is 0. The van der Waals surface area contributed by atoms with Crippen LogP contribution in [0.25, 0.3) is 0 Å². The molecule has 0 aliphatic carbocycles. The summed E-state index contributed by atoms with van der Waals surface area (Å²) in [7, 11) is 1.37. The molecule has 0 atom stereocenters. The minimum Gasteiger partial charge on any atom is -0.494 e. The van der Waals surface area contributed by atoms with Gasteiger partial charge in [-0.1, -0.05) is 371 Å². The number of rotatable bonds is 75. The smallest absolute Gasteiger partial charge is 0.338 e. The Bertz CT molecular complexity index is 3370. The van der Waals surface area contributed by atoms with Crippen molar-refractivity contribution in [2.75, 3.05) is 33.5 Å². The van der Waals surface area contributed by atoms with Crippen LogP contribution in [0.2, 0.25) is 0 Å². The molecule has 0 N–H and O–H groups in total. The molecule has 7 aromatic rings. The number of benzene rings is 7. The van der Waals surface area contributed by atoms with E-state index in [2.05, 4.69) is 76.2 Å². The summed E-state index contributed by atoms with van der Waals surface area (Å²) in [4.78, 5) is 13.3. The summed E-state index contributed by atoms with van der Waals surface area (Å²) < 4.78 is 69.4. The lowest BCUT2D eigenvalue weighted by atomic mass is 10.1. The second-order valence-electron chi connectivity index (χ2n) is 33.0. The molecule has 0 radical (unpaired) electrons. The molecule has 118 heavy (non-hydrogen) atoms. The van der Waals surface area contributed by atoms with Crippen molar-refractivity contribution in [3.8, 4) is 57.5 Å². The first-order valence-corrected chi connectivity index (χ1v) is 47.4. The molecule has 0 unspecified atom stereocenters. The van der Waals surface area contributed by atoms with E-state index in [1.165, 1.54) is 290 Å². The van der Waals surface area contributed by atoms with E-state index in [9.17, 15) is 4.79 Å². The zero-order valence-electron chi connectivity index (χ0n) is 74.3. The molecular weight excluding hydrogens is 1470 g/mol. The van der Waals surface area contributed by atoms with Crippen molar-refractivity contribution in [1.82, 2.24) is 0 Å². The molecule has 0 fully saturated rings. The van der Waals surface area contributed by atoms with Gasteiger partial charge < -0.3 is 52.1 Å². The number of methoxy groups -OCH3 is 1. The Morgan fingerprint density at radius 2 is 0.398 bits per heavy atom. The molecule has 7 rings (SSSR count). The molecule has 0 aliphatic rings. The topological polar surface area (TPSA) is 119 Å². The van der Waals surface area contributed by atoms with Gasteiger partial charge in [-0.3, -0.25) is 0 Å². The Morgan fingerprint density at radius 3 is 0.627 bits per heavy atom. The van der Waals surface area contributed by atoms with Crippen molar-refractivity contribution in [3.63, 3.8) is 0 Å². The highest BCUT2D eigenvalue weighted by molar-refractivity contribution is 5.90. The van der Waals surface area contributed by atoms with E-state index in [-0.39, 0.29) is 18.8 Å². The Morgan fingerprint density at radius 1 is 0.195 bits per heavy atom. The van der Waals surface area contributed by atoms with Crippen molar-refractivity contribution in [1.29, 1.82) is 0 Å². The van der Waals surface area contributed by atoms with E-state index < -0.39 is 5.97 Å². The van der Waals surface area contributed by atoms with E-state index in [1.807, 2.05) is 84.9 Å². The normalized spacial score (nSPS) is 11.2. The number of ether oxygens (including phenoxy) is 11. The number of carbonyl (C=O) groups is 1. The van der Waals surface area contributed by atoms with Crippen LogP contribution in [0.4, 0.5) is 0 Å². The Kier molecular flexibility index (Phi) is 53.4. The van der Waals surface area contributed by atoms with Gasteiger partial charge in [0.15, 0.2) is 23.0 Å². The highest BCUT2D eigenvalue weighted by Crippen LogP contribution is 2.35. The molecule has 0 bridgehead atoms. The van der Waals surface area contributed by atoms with Crippen LogP contribution in [0.3, 0.4) is 0 Å². The highest BCUT2D eigenvalue weighted by atomic mass is 16.5. The third-order valence-electron chi connectivity index (χ3n) is 22.5. The molecule has 7 aromatic carbocycles. The maximum Gasteiger partial charge on any atom is 0.338 e. The van der Waals surface area contributed by atoms with Gasteiger partial charge in [0.25, 0.3) is 0 Å². The Hall–Kier alpha value is -7.99. The standard InChI is InChI=1S/C106H156O12/c1-6-10-14-18-22-26-30-34-38-42-46-50-74-109-96-64-54-89(55-65-96)83-115-102-72-62-93(78-104(102)117-85-91-58-68-98(69-59-91)111-76-52-48-44-40-36-32-28-24-20-16-12-8-3)87-113-100-80-95(106(107)108-5)81-101(82-100)114-88-94-63-73-103(116-84-90-56-66-97(67-57-90)110-75-51-47-43-39-35-31-27-23-19-15-11-7-2)105(79-94)118-86-92-60-70-99(71-61-92)112-77-53-49-45-41-37-33-29-25-21-17-13-9-4/h54-73,78-82H,6-53,74-77,83-88H2,1-5H3. The lowest BCUT2D eigenvalue weighted by Gasteiger charge is -2.16. The van der Waals surface area contributed by atoms with E-state index >= 15 is 0 Å². The largest absolute Gasteiger partial charge is 0.494 e. The number of carbonyl (C=O) groups excluding carboxylic acids is 1. The van der Waals surface area contributed by atoms with Crippen LogP contribution >= 0.6 is 0 Å². The average molecular weight is 1620 g/mol. The van der Waals surface area contributed by atoms with Gasteiger partial charge in [-0.25, -0.2) is 4.79 Å². The van der Waals surface area contributed by atoms with Crippen LogP contribution in [-0.2, 0) is 44.4 Å². The lowest BCUT2D eigenvalue weighted by molar-refractivity contribution is 0.0599. The fraction of sp³-hybridized carbons (Fsp3) is 0.594. The van der Waals surface area contributed by atoms with Crippen LogP contribution in [0, 0.1) is 0 Å². The molecule has 0 aromatic heterocycles. The zero-order chi connectivity index (χ0) is 82.9. The molecule has 0 saturated carbocycles. The molecule has 652 valence electrons. The van der Waals surface area contributed by atoms with E-state index in [1.54, 1.807) is 18.2 Å². The summed E-state index contributed by atoms with van der Waals surface area (Å²) in [6.07, 6.45) is 63.1. The molecule has 0 saturated heterocycles. The van der Waals surface area contributed by atoms with Crippen LogP contribution in [0.5, 0.6) is 57.5 Å². The molecule has 0 aliphatic heterocycles. The van der Waals surface area contributed by atoms with Crippen LogP contribution in [0.1, 0.15) is 380 Å². The first-order valence-electron chi connectivity index (χ1n) is 47.4. The third-order valence-corrected chi connectivity index (χ3v) is 22.5. The minimum atomic E-state index is -0.517. The second-order valence-corrected chi connectivity index (χ2v) is 33.0. The van der Waals surface area contributed by atoms with Crippen molar-refractivity contribution in [3.05, 3.63) is 191 Å². The Labute approximate surface area is 716 Å². The summed E-state index contributed by atoms with van der Waals surface area (Å²) in [5, 5.41) is 0. The summed E-state index contributed by atoms with van der Waals surface area (Å²) in [5.41, 5.74) is 5.98. The summed E-state index contributed by atoms with van der Waals surface area (Å²) in [6, 6.07) is 49.6. The van der Waals surface area contributed by atoms with Gasteiger partial charge in [0.1, 0.15) is 74.1 Å². The first kappa shape index (κ1) is 97.1. The number of esters is 1. The van der Waals surface area contributed by atoms with Crippen molar-refractivity contribution < 1.29 is 56.9 Å². The molecule has 12 nitrogen and oxygen atoms in total. The van der Waals surface area contributed by atoms with Gasteiger partial charge in [-0.2, -0.15) is 0 Å². The predicted octanol–water partition coefficient (Wildman–Crippen LogP) is 31.3. The van der Waals surface area contributed by atoms with Crippen molar-refractivity contribution in [2.24, 2.45) is 0 Å². The van der Waals surface area contributed by atoms with E-state index in [4.69, 9.17) is 52.1 Å². The third kappa shape index (κ3) is 44.9. The second kappa shape index (κ2) is 64.9. The van der Waals surface area contributed by atoms with Gasteiger partial charge in [-0.05, 0) is 144 Å². The number of hydrogen-bond acceptors (Lipinski definition) is 12. The molecule has 0 heterocycles. The predicted molar refractivity (Wildman–Crippen MR) is 489 cm³/mol.